The van der Waals surface area contributed by atoms with E-state index in [1.165, 1.54) is 33.4 Å². The van der Waals surface area contributed by atoms with Crippen LogP contribution in [0.3, 0.4) is 0 Å². The number of rotatable bonds is 0. The lowest BCUT2D eigenvalue weighted by Crippen LogP contribution is -2.23. The van der Waals surface area contributed by atoms with E-state index in [1.807, 2.05) is 0 Å². The Kier molecular flexibility index (Phi) is 3.07. The van der Waals surface area contributed by atoms with Gasteiger partial charge in [0.1, 0.15) is 0 Å². The molecule has 0 fully saturated rings. The van der Waals surface area contributed by atoms with Crippen molar-refractivity contribution in [3.63, 3.8) is 0 Å². The van der Waals surface area contributed by atoms with E-state index >= 15 is 0 Å². The van der Waals surface area contributed by atoms with Gasteiger partial charge in [0, 0.05) is 5.41 Å². The average Bonchev–Trinajstić information content (AvgIpc) is 2.73. The van der Waals surface area contributed by atoms with Crippen LogP contribution in [0.1, 0.15) is 41.5 Å². The standard InChI is InChI=1S/C22H22/c1-16-8-10-18-19-11-9-17(2)15-21(19)22(20(18)14-16)12-6-4-3-5-7-13-22/h3-4,7-11,13-15H,5-6,12H2,1-2H3/b4-3-,13-7-. The summed E-state index contributed by atoms with van der Waals surface area (Å²) in [5.74, 6) is 0. The topological polar surface area (TPSA) is 0 Å². The maximum absolute atomic E-state index is 2.47. The molecule has 0 N–H and O–H groups in total. The first-order valence-corrected chi connectivity index (χ1v) is 8.26. The van der Waals surface area contributed by atoms with Crippen molar-refractivity contribution < 1.29 is 0 Å². The van der Waals surface area contributed by atoms with Crippen molar-refractivity contribution in [2.75, 3.05) is 0 Å². The molecule has 0 aliphatic heterocycles. The van der Waals surface area contributed by atoms with Crippen molar-refractivity contribution in [2.45, 2.75) is 38.5 Å². The van der Waals surface area contributed by atoms with Gasteiger partial charge in [-0.25, -0.2) is 0 Å². The Hall–Kier alpha value is -2.08. The van der Waals surface area contributed by atoms with Gasteiger partial charge in [-0.15, -0.1) is 0 Å². The molecule has 2 aliphatic carbocycles. The van der Waals surface area contributed by atoms with E-state index in [1.54, 1.807) is 0 Å². The van der Waals surface area contributed by atoms with E-state index in [9.17, 15) is 0 Å². The Balaban J connectivity index is 2.03. The van der Waals surface area contributed by atoms with Crippen LogP contribution in [0.4, 0.5) is 0 Å². The molecule has 0 atom stereocenters. The van der Waals surface area contributed by atoms with Crippen LogP contribution in [-0.4, -0.2) is 0 Å². The highest BCUT2D eigenvalue weighted by Gasteiger charge is 2.40. The fourth-order valence-corrected chi connectivity index (χ4v) is 4.07. The second kappa shape index (κ2) is 4.98. The van der Waals surface area contributed by atoms with E-state index < -0.39 is 0 Å². The van der Waals surface area contributed by atoms with Crippen molar-refractivity contribution in [1.82, 2.24) is 0 Å². The van der Waals surface area contributed by atoms with Crippen LogP contribution in [0.2, 0.25) is 0 Å². The number of aryl methyl sites for hydroxylation is 2. The molecule has 0 heterocycles. The van der Waals surface area contributed by atoms with Crippen LogP contribution < -0.4 is 0 Å². The SMILES string of the molecule is Cc1ccc2c(c1)C1(/C=C\C/C=C\CC1)c1cc(C)ccc1-2. The summed E-state index contributed by atoms with van der Waals surface area (Å²) in [7, 11) is 0. The van der Waals surface area contributed by atoms with Crippen molar-refractivity contribution in [3.05, 3.63) is 83.0 Å². The Morgan fingerprint density at radius 3 is 2.05 bits per heavy atom. The maximum atomic E-state index is 2.47. The number of fused-ring (bicyclic) bond motifs is 5. The molecule has 2 aromatic rings. The van der Waals surface area contributed by atoms with Gasteiger partial charge in [0.05, 0.1) is 0 Å². The molecule has 0 unspecified atom stereocenters. The maximum Gasteiger partial charge on any atom is 0.0397 e. The van der Waals surface area contributed by atoms with Crippen LogP contribution in [0.25, 0.3) is 11.1 Å². The van der Waals surface area contributed by atoms with Gasteiger partial charge in [-0.2, -0.15) is 0 Å². The van der Waals surface area contributed by atoms with Gasteiger partial charge in [-0.1, -0.05) is 71.8 Å². The third-order valence-corrected chi connectivity index (χ3v) is 5.15. The minimum atomic E-state index is 0.0630. The Bertz CT molecular complexity index is 738. The fraction of sp³-hybridized carbons (Fsp3) is 0.273. The number of allylic oxidation sites excluding steroid dienone is 4. The monoisotopic (exact) mass is 286 g/mol. The van der Waals surface area contributed by atoms with Gasteiger partial charge in [-0.3, -0.25) is 0 Å². The summed E-state index contributed by atoms with van der Waals surface area (Å²) in [5.41, 5.74) is 8.62. The zero-order chi connectivity index (χ0) is 15.2. The molecular weight excluding hydrogens is 264 g/mol. The third kappa shape index (κ3) is 1.90. The molecule has 2 aliphatic rings. The van der Waals surface area contributed by atoms with Crippen LogP contribution in [0.5, 0.6) is 0 Å². The van der Waals surface area contributed by atoms with Crippen molar-refractivity contribution in [2.24, 2.45) is 0 Å². The Morgan fingerprint density at radius 1 is 0.773 bits per heavy atom. The highest BCUT2D eigenvalue weighted by atomic mass is 14.4. The molecule has 22 heavy (non-hydrogen) atoms. The number of benzene rings is 2. The van der Waals surface area contributed by atoms with E-state index in [2.05, 4.69) is 74.5 Å². The Morgan fingerprint density at radius 2 is 1.41 bits per heavy atom. The van der Waals surface area contributed by atoms with Gasteiger partial charge < -0.3 is 0 Å². The molecule has 0 saturated carbocycles. The lowest BCUT2D eigenvalue weighted by Gasteiger charge is -2.30. The number of hydrogen-bond acceptors (Lipinski definition) is 0. The summed E-state index contributed by atoms with van der Waals surface area (Å²) in [6.07, 6.45) is 12.8. The molecule has 4 rings (SSSR count). The van der Waals surface area contributed by atoms with Crippen molar-refractivity contribution in [3.8, 4) is 11.1 Å². The summed E-state index contributed by atoms with van der Waals surface area (Å²) in [6.45, 7) is 4.41. The highest BCUT2D eigenvalue weighted by molar-refractivity contribution is 5.83. The van der Waals surface area contributed by atoms with Gasteiger partial charge in [-0.05, 0) is 55.4 Å². The molecule has 0 radical (unpaired) electrons. The molecule has 110 valence electrons. The van der Waals surface area contributed by atoms with E-state index in [4.69, 9.17) is 0 Å². The molecule has 0 aromatic heterocycles. The molecule has 0 amide bonds. The normalized spacial score (nSPS) is 20.8. The predicted molar refractivity (Wildman–Crippen MR) is 94.3 cm³/mol. The second-order valence-corrected chi connectivity index (χ2v) is 6.72. The minimum absolute atomic E-state index is 0.0630. The second-order valence-electron chi connectivity index (χ2n) is 6.72. The van der Waals surface area contributed by atoms with Crippen LogP contribution in [-0.2, 0) is 5.41 Å². The average molecular weight is 286 g/mol. The lowest BCUT2D eigenvalue weighted by molar-refractivity contribution is 0.596. The van der Waals surface area contributed by atoms with E-state index in [-0.39, 0.29) is 5.41 Å². The molecule has 0 saturated heterocycles. The van der Waals surface area contributed by atoms with E-state index in [0.717, 1.165) is 19.3 Å². The van der Waals surface area contributed by atoms with Gasteiger partial charge in [0.25, 0.3) is 0 Å². The summed E-state index contributed by atoms with van der Waals surface area (Å²) in [5, 5.41) is 0. The first-order valence-electron chi connectivity index (χ1n) is 8.26. The molecule has 1 spiro atoms. The third-order valence-electron chi connectivity index (χ3n) is 5.15. The first kappa shape index (κ1) is 13.6. The van der Waals surface area contributed by atoms with Gasteiger partial charge >= 0.3 is 0 Å². The predicted octanol–water partition coefficient (Wildman–Crippen LogP) is 5.87. The fourth-order valence-electron chi connectivity index (χ4n) is 4.07. The summed E-state index contributed by atoms with van der Waals surface area (Å²) in [6, 6.07) is 13.9. The van der Waals surface area contributed by atoms with Crippen LogP contribution in [0.15, 0.2) is 60.7 Å². The zero-order valence-corrected chi connectivity index (χ0v) is 13.4. The smallest absolute Gasteiger partial charge is 0.0397 e. The minimum Gasteiger partial charge on any atom is -0.0882 e. The highest BCUT2D eigenvalue weighted by Crippen LogP contribution is 2.53. The molecular formula is C22H22. The van der Waals surface area contributed by atoms with E-state index in [0.29, 0.717) is 0 Å². The summed E-state index contributed by atoms with van der Waals surface area (Å²) >= 11 is 0. The summed E-state index contributed by atoms with van der Waals surface area (Å²) < 4.78 is 0. The zero-order valence-electron chi connectivity index (χ0n) is 13.4. The molecule has 2 aromatic carbocycles. The van der Waals surface area contributed by atoms with Gasteiger partial charge in [0.15, 0.2) is 0 Å². The van der Waals surface area contributed by atoms with Crippen LogP contribution in [0, 0.1) is 13.8 Å². The summed E-state index contributed by atoms with van der Waals surface area (Å²) in [4.78, 5) is 0. The van der Waals surface area contributed by atoms with Crippen molar-refractivity contribution in [1.29, 1.82) is 0 Å². The molecule has 0 bridgehead atoms. The van der Waals surface area contributed by atoms with Gasteiger partial charge in [0.2, 0.25) is 0 Å². The lowest BCUT2D eigenvalue weighted by atomic mass is 9.73. The number of hydrogen-bond donors (Lipinski definition) is 0. The van der Waals surface area contributed by atoms with Crippen LogP contribution >= 0.6 is 0 Å². The largest absolute Gasteiger partial charge is 0.0882 e. The van der Waals surface area contributed by atoms with Crippen molar-refractivity contribution >= 4 is 0 Å². The Labute approximate surface area is 133 Å². The first-order chi connectivity index (χ1) is 10.7. The molecule has 0 nitrogen and oxygen atoms in total. The molecule has 0 heteroatoms. The quantitative estimate of drug-likeness (QED) is 0.532.